The molecule has 0 aromatic heterocycles. The Morgan fingerprint density at radius 2 is 1.68 bits per heavy atom. The molecule has 1 heterocycles. The molecule has 31 heavy (non-hydrogen) atoms. The van der Waals surface area contributed by atoms with Gasteiger partial charge in [0.25, 0.3) is 0 Å². The molecule has 1 N–H and O–H groups in total. The van der Waals surface area contributed by atoms with Gasteiger partial charge in [-0.1, -0.05) is 42.5 Å². The molecule has 2 aromatic rings. The molecule has 168 valence electrons. The first-order valence-electron chi connectivity index (χ1n) is 10.3. The SMILES string of the molecule is CN=C(NCc1ccc(COCC(F)(F)F)cc1)N1CCC(Oc2ccccc2)CC1. The average molecular weight is 435 g/mol. The van der Waals surface area contributed by atoms with Crippen molar-refractivity contribution in [2.24, 2.45) is 4.99 Å². The van der Waals surface area contributed by atoms with Crippen LogP contribution in [0.2, 0.25) is 0 Å². The molecule has 0 amide bonds. The van der Waals surface area contributed by atoms with Crippen molar-refractivity contribution in [3.8, 4) is 5.75 Å². The first-order chi connectivity index (χ1) is 14.9. The number of para-hydroxylation sites is 1. The average Bonchev–Trinajstić information content (AvgIpc) is 2.76. The highest BCUT2D eigenvalue weighted by Crippen LogP contribution is 2.19. The largest absolute Gasteiger partial charge is 0.490 e. The molecule has 1 saturated heterocycles. The number of alkyl halides is 3. The van der Waals surface area contributed by atoms with Gasteiger partial charge in [0.05, 0.1) is 6.61 Å². The molecule has 2 aromatic carbocycles. The van der Waals surface area contributed by atoms with Crippen LogP contribution in [0, 0.1) is 0 Å². The standard InChI is InChI=1S/C23H28F3N3O2/c1-27-22(29-13-11-21(12-14-29)31-20-5-3-2-4-6-20)28-15-18-7-9-19(10-8-18)16-30-17-23(24,25)26/h2-10,21H,11-17H2,1H3,(H,27,28). The summed E-state index contributed by atoms with van der Waals surface area (Å²) in [5.74, 6) is 1.73. The molecule has 0 aliphatic carbocycles. The van der Waals surface area contributed by atoms with E-state index < -0.39 is 12.8 Å². The van der Waals surface area contributed by atoms with Crippen LogP contribution in [0.25, 0.3) is 0 Å². The van der Waals surface area contributed by atoms with Crippen LogP contribution in [0.1, 0.15) is 24.0 Å². The number of aliphatic imine (C=N–C) groups is 1. The van der Waals surface area contributed by atoms with Crippen LogP contribution in [0.5, 0.6) is 5.75 Å². The zero-order valence-corrected chi connectivity index (χ0v) is 17.6. The molecular formula is C23H28F3N3O2. The van der Waals surface area contributed by atoms with Gasteiger partial charge in [-0.05, 0) is 23.3 Å². The Balaban J connectivity index is 1.41. The van der Waals surface area contributed by atoms with Crippen LogP contribution in [-0.4, -0.2) is 49.9 Å². The highest BCUT2D eigenvalue weighted by molar-refractivity contribution is 5.80. The lowest BCUT2D eigenvalue weighted by Gasteiger charge is -2.34. The summed E-state index contributed by atoms with van der Waals surface area (Å²) < 4.78 is 47.2. The molecule has 1 aliphatic rings. The third-order valence-corrected chi connectivity index (χ3v) is 5.01. The van der Waals surface area contributed by atoms with Crippen LogP contribution in [0.4, 0.5) is 13.2 Å². The predicted octanol–water partition coefficient (Wildman–Crippen LogP) is 4.38. The van der Waals surface area contributed by atoms with Crippen molar-refractivity contribution in [2.75, 3.05) is 26.7 Å². The second-order valence-electron chi connectivity index (χ2n) is 7.44. The fourth-order valence-electron chi connectivity index (χ4n) is 3.43. The van der Waals surface area contributed by atoms with Gasteiger partial charge in [-0.15, -0.1) is 0 Å². The Hall–Kier alpha value is -2.74. The van der Waals surface area contributed by atoms with Crippen LogP contribution in [-0.2, 0) is 17.9 Å². The number of hydrogen-bond donors (Lipinski definition) is 1. The number of piperidine rings is 1. The van der Waals surface area contributed by atoms with Gasteiger partial charge in [-0.25, -0.2) is 0 Å². The normalized spacial score (nSPS) is 15.7. The van der Waals surface area contributed by atoms with E-state index in [1.54, 1.807) is 19.2 Å². The number of benzene rings is 2. The lowest BCUT2D eigenvalue weighted by atomic mass is 10.1. The van der Waals surface area contributed by atoms with Crippen molar-refractivity contribution in [1.82, 2.24) is 10.2 Å². The fourth-order valence-corrected chi connectivity index (χ4v) is 3.43. The zero-order valence-electron chi connectivity index (χ0n) is 17.6. The summed E-state index contributed by atoms with van der Waals surface area (Å²) in [5.41, 5.74) is 1.72. The highest BCUT2D eigenvalue weighted by Gasteiger charge is 2.27. The Morgan fingerprint density at radius 1 is 1.03 bits per heavy atom. The summed E-state index contributed by atoms with van der Waals surface area (Å²) in [6.07, 6.45) is -2.27. The van der Waals surface area contributed by atoms with Gasteiger partial charge in [0, 0.05) is 39.5 Å². The minimum atomic E-state index is -4.30. The minimum Gasteiger partial charge on any atom is -0.490 e. The molecule has 3 rings (SSSR count). The minimum absolute atomic E-state index is 0.0606. The van der Waals surface area contributed by atoms with Gasteiger partial charge in [-0.2, -0.15) is 13.2 Å². The van der Waals surface area contributed by atoms with E-state index >= 15 is 0 Å². The second kappa shape index (κ2) is 11.0. The molecule has 0 bridgehead atoms. The lowest BCUT2D eigenvalue weighted by molar-refractivity contribution is -0.176. The Morgan fingerprint density at radius 3 is 2.29 bits per heavy atom. The van der Waals surface area contributed by atoms with E-state index in [0.717, 1.165) is 43.2 Å². The first kappa shape index (κ1) is 22.9. The molecule has 0 spiro atoms. The highest BCUT2D eigenvalue weighted by atomic mass is 19.4. The third kappa shape index (κ3) is 7.79. The van der Waals surface area contributed by atoms with Gasteiger partial charge in [-0.3, -0.25) is 4.99 Å². The van der Waals surface area contributed by atoms with Crippen molar-refractivity contribution < 1.29 is 22.6 Å². The number of ether oxygens (including phenoxy) is 2. The van der Waals surface area contributed by atoms with Crippen LogP contribution in [0.15, 0.2) is 59.6 Å². The second-order valence-corrected chi connectivity index (χ2v) is 7.44. The van der Waals surface area contributed by atoms with E-state index in [2.05, 4.69) is 19.9 Å². The Bertz CT molecular complexity index is 818. The number of hydrogen-bond acceptors (Lipinski definition) is 3. The van der Waals surface area contributed by atoms with E-state index in [1.165, 1.54) is 0 Å². The number of likely N-dealkylation sites (tertiary alicyclic amines) is 1. The molecule has 0 saturated carbocycles. The summed E-state index contributed by atoms with van der Waals surface area (Å²) in [7, 11) is 1.76. The molecular weight excluding hydrogens is 407 g/mol. The number of nitrogens with zero attached hydrogens (tertiary/aromatic N) is 2. The monoisotopic (exact) mass is 435 g/mol. The van der Waals surface area contributed by atoms with Crippen LogP contribution < -0.4 is 10.1 Å². The van der Waals surface area contributed by atoms with E-state index in [-0.39, 0.29) is 12.7 Å². The van der Waals surface area contributed by atoms with Gasteiger partial charge >= 0.3 is 6.18 Å². The molecule has 8 heteroatoms. The van der Waals surface area contributed by atoms with Crippen molar-refractivity contribution in [2.45, 2.75) is 38.3 Å². The van der Waals surface area contributed by atoms with Crippen molar-refractivity contribution in [3.05, 3.63) is 65.7 Å². The predicted molar refractivity (Wildman–Crippen MR) is 114 cm³/mol. The quantitative estimate of drug-likeness (QED) is 0.518. The van der Waals surface area contributed by atoms with E-state index in [9.17, 15) is 13.2 Å². The van der Waals surface area contributed by atoms with Crippen LogP contribution >= 0.6 is 0 Å². The summed E-state index contributed by atoms with van der Waals surface area (Å²) in [4.78, 5) is 6.59. The first-order valence-corrected chi connectivity index (χ1v) is 10.3. The molecule has 0 unspecified atom stereocenters. The molecule has 0 radical (unpaired) electrons. The molecule has 0 atom stereocenters. The van der Waals surface area contributed by atoms with E-state index in [0.29, 0.717) is 12.1 Å². The van der Waals surface area contributed by atoms with Crippen molar-refractivity contribution in [1.29, 1.82) is 0 Å². The zero-order chi connectivity index (χ0) is 22.1. The summed E-state index contributed by atoms with van der Waals surface area (Å²) in [6.45, 7) is 0.991. The van der Waals surface area contributed by atoms with Crippen molar-refractivity contribution in [3.63, 3.8) is 0 Å². The van der Waals surface area contributed by atoms with Crippen molar-refractivity contribution >= 4 is 5.96 Å². The summed E-state index contributed by atoms with van der Waals surface area (Å²) >= 11 is 0. The van der Waals surface area contributed by atoms with Gasteiger partial charge in [0.15, 0.2) is 5.96 Å². The maximum absolute atomic E-state index is 12.1. The summed E-state index contributed by atoms with van der Waals surface area (Å²) in [6, 6.07) is 17.2. The lowest BCUT2D eigenvalue weighted by Crippen LogP contribution is -2.47. The van der Waals surface area contributed by atoms with Crippen LogP contribution in [0.3, 0.4) is 0 Å². The van der Waals surface area contributed by atoms with Gasteiger partial charge in [0.2, 0.25) is 0 Å². The smallest absolute Gasteiger partial charge is 0.411 e. The van der Waals surface area contributed by atoms with Gasteiger partial charge < -0.3 is 19.7 Å². The van der Waals surface area contributed by atoms with Gasteiger partial charge in [0.1, 0.15) is 18.5 Å². The summed E-state index contributed by atoms with van der Waals surface area (Å²) in [5, 5.41) is 3.36. The number of halogens is 3. The number of rotatable bonds is 7. The molecule has 1 aliphatic heterocycles. The maximum atomic E-state index is 12.1. The van der Waals surface area contributed by atoms with E-state index in [4.69, 9.17) is 4.74 Å². The maximum Gasteiger partial charge on any atom is 0.411 e. The molecule has 5 nitrogen and oxygen atoms in total. The number of guanidine groups is 1. The topological polar surface area (TPSA) is 46.1 Å². The Kier molecular flexibility index (Phi) is 8.17. The fraction of sp³-hybridized carbons (Fsp3) is 0.435. The number of nitrogens with one attached hydrogen (secondary N) is 1. The Labute approximate surface area is 180 Å². The van der Waals surface area contributed by atoms with E-state index in [1.807, 2.05) is 42.5 Å². The molecule has 1 fully saturated rings. The third-order valence-electron chi connectivity index (χ3n) is 5.01.